The highest BCUT2D eigenvalue weighted by Gasteiger charge is 2.41. The lowest BCUT2D eigenvalue weighted by Crippen LogP contribution is -2.53. The Labute approximate surface area is 97.6 Å². The molecule has 4 heteroatoms. The van der Waals surface area contributed by atoms with Gasteiger partial charge in [-0.3, -0.25) is 0 Å². The van der Waals surface area contributed by atoms with E-state index in [4.69, 9.17) is 9.47 Å². The van der Waals surface area contributed by atoms with E-state index in [1.54, 1.807) is 6.92 Å². The molecule has 0 radical (unpaired) electrons. The number of hydrogen-bond acceptors (Lipinski definition) is 4. The van der Waals surface area contributed by atoms with E-state index in [-0.39, 0.29) is 18.1 Å². The van der Waals surface area contributed by atoms with Crippen LogP contribution in [-0.4, -0.2) is 40.9 Å². The molecule has 1 aliphatic rings. The lowest BCUT2D eigenvalue weighted by molar-refractivity contribution is -0.285. The molecule has 1 saturated heterocycles. The highest BCUT2D eigenvalue weighted by Crippen LogP contribution is 2.28. The Kier molecular flexibility index (Phi) is 5.18. The van der Waals surface area contributed by atoms with E-state index in [2.05, 4.69) is 13.8 Å². The largest absolute Gasteiger partial charge is 0.390 e. The third-order valence-electron chi connectivity index (χ3n) is 3.38. The third-order valence-corrected chi connectivity index (χ3v) is 3.38. The molecule has 1 heterocycles. The second-order valence-corrected chi connectivity index (χ2v) is 4.62. The van der Waals surface area contributed by atoms with Crippen molar-refractivity contribution in [2.75, 3.05) is 0 Å². The molecule has 0 spiro atoms. The summed E-state index contributed by atoms with van der Waals surface area (Å²) < 4.78 is 11.4. The first kappa shape index (κ1) is 13.9. The SMILES string of the molecule is CCC(CC)OC1OC(C)C(O)C(O)C1C. The monoisotopic (exact) mass is 232 g/mol. The van der Waals surface area contributed by atoms with Gasteiger partial charge >= 0.3 is 0 Å². The fourth-order valence-corrected chi connectivity index (χ4v) is 1.99. The average molecular weight is 232 g/mol. The van der Waals surface area contributed by atoms with Gasteiger partial charge in [-0.15, -0.1) is 0 Å². The smallest absolute Gasteiger partial charge is 0.163 e. The second-order valence-electron chi connectivity index (χ2n) is 4.62. The van der Waals surface area contributed by atoms with E-state index in [0.717, 1.165) is 12.8 Å². The predicted octanol–water partition coefficient (Wildman–Crippen LogP) is 1.29. The molecule has 1 fully saturated rings. The minimum absolute atomic E-state index is 0.155. The molecule has 0 aromatic rings. The first-order valence-electron chi connectivity index (χ1n) is 6.18. The van der Waals surface area contributed by atoms with Gasteiger partial charge in [0.1, 0.15) is 6.10 Å². The van der Waals surface area contributed by atoms with E-state index in [9.17, 15) is 10.2 Å². The van der Waals surface area contributed by atoms with Crippen LogP contribution in [0, 0.1) is 5.92 Å². The van der Waals surface area contributed by atoms with Crippen LogP contribution >= 0.6 is 0 Å². The van der Waals surface area contributed by atoms with Crippen LogP contribution in [0.2, 0.25) is 0 Å². The Balaban J connectivity index is 2.59. The molecule has 0 aromatic carbocycles. The van der Waals surface area contributed by atoms with Gasteiger partial charge in [-0.25, -0.2) is 0 Å². The summed E-state index contributed by atoms with van der Waals surface area (Å²) in [6.07, 6.45) is -0.391. The van der Waals surface area contributed by atoms with Crippen molar-refractivity contribution in [1.29, 1.82) is 0 Å². The molecule has 0 amide bonds. The molecule has 0 saturated carbocycles. The van der Waals surface area contributed by atoms with Crippen LogP contribution in [0.5, 0.6) is 0 Å². The van der Waals surface area contributed by atoms with Crippen molar-refractivity contribution in [2.24, 2.45) is 5.92 Å². The molecule has 4 nitrogen and oxygen atoms in total. The predicted molar refractivity (Wildman–Crippen MR) is 61.0 cm³/mol. The molecule has 5 atom stereocenters. The molecule has 0 aliphatic carbocycles. The van der Waals surface area contributed by atoms with Crippen LogP contribution in [0.4, 0.5) is 0 Å². The van der Waals surface area contributed by atoms with Crippen molar-refractivity contribution in [3.63, 3.8) is 0 Å². The minimum atomic E-state index is -0.823. The summed E-state index contributed by atoms with van der Waals surface area (Å²) in [5, 5.41) is 19.5. The van der Waals surface area contributed by atoms with Crippen LogP contribution in [-0.2, 0) is 9.47 Å². The van der Waals surface area contributed by atoms with Gasteiger partial charge in [-0.2, -0.15) is 0 Å². The lowest BCUT2D eigenvalue weighted by atomic mass is 9.93. The van der Waals surface area contributed by atoms with Crippen molar-refractivity contribution in [1.82, 2.24) is 0 Å². The first-order chi connectivity index (χ1) is 7.51. The molecule has 2 N–H and O–H groups in total. The maximum Gasteiger partial charge on any atom is 0.163 e. The molecule has 0 aromatic heterocycles. The van der Waals surface area contributed by atoms with E-state index in [1.807, 2.05) is 6.92 Å². The number of hydrogen-bond donors (Lipinski definition) is 2. The fraction of sp³-hybridized carbons (Fsp3) is 1.00. The van der Waals surface area contributed by atoms with E-state index in [1.165, 1.54) is 0 Å². The average Bonchev–Trinajstić information content (AvgIpc) is 2.29. The van der Waals surface area contributed by atoms with E-state index >= 15 is 0 Å². The van der Waals surface area contributed by atoms with Gasteiger partial charge < -0.3 is 19.7 Å². The zero-order valence-corrected chi connectivity index (χ0v) is 10.6. The summed E-state index contributed by atoms with van der Waals surface area (Å²) in [5.74, 6) is -0.202. The zero-order valence-electron chi connectivity index (χ0n) is 10.6. The molecule has 1 aliphatic heterocycles. The Hall–Kier alpha value is -0.160. The Morgan fingerprint density at radius 3 is 2.19 bits per heavy atom. The van der Waals surface area contributed by atoms with Gasteiger partial charge in [-0.1, -0.05) is 20.8 Å². The molecule has 96 valence electrons. The Bertz CT molecular complexity index is 205. The second kappa shape index (κ2) is 5.96. The van der Waals surface area contributed by atoms with Crippen molar-refractivity contribution in [3.05, 3.63) is 0 Å². The summed E-state index contributed by atoms with van der Waals surface area (Å²) in [6, 6.07) is 0. The molecular weight excluding hydrogens is 208 g/mol. The standard InChI is InChI=1S/C12H24O4/c1-5-9(6-2)16-12-7(3)10(13)11(14)8(4)15-12/h7-14H,5-6H2,1-4H3. The van der Waals surface area contributed by atoms with Gasteiger partial charge in [0.25, 0.3) is 0 Å². The molecule has 16 heavy (non-hydrogen) atoms. The summed E-state index contributed by atoms with van der Waals surface area (Å²) in [6.45, 7) is 7.72. The van der Waals surface area contributed by atoms with Crippen LogP contribution in [0.15, 0.2) is 0 Å². The number of ether oxygens (including phenoxy) is 2. The topological polar surface area (TPSA) is 58.9 Å². The number of aliphatic hydroxyl groups is 2. The van der Waals surface area contributed by atoms with Gasteiger partial charge in [0, 0.05) is 5.92 Å². The highest BCUT2D eigenvalue weighted by atomic mass is 16.7. The summed E-state index contributed by atoms with van der Waals surface area (Å²) in [4.78, 5) is 0. The van der Waals surface area contributed by atoms with E-state index in [0.29, 0.717) is 0 Å². The normalized spacial score (nSPS) is 40.3. The molecule has 5 unspecified atom stereocenters. The minimum Gasteiger partial charge on any atom is -0.390 e. The van der Waals surface area contributed by atoms with Gasteiger partial charge in [0.15, 0.2) is 6.29 Å². The van der Waals surface area contributed by atoms with Gasteiger partial charge in [0.05, 0.1) is 18.3 Å². The fourth-order valence-electron chi connectivity index (χ4n) is 1.99. The molecule has 0 bridgehead atoms. The summed E-state index contributed by atoms with van der Waals surface area (Å²) in [7, 11) is 0. The van der Waals surface area contributed by atoms with Gasteiger partial charge in [0.2, 0.25) is 0 Å². The van der Waals surface area contributed by atoms with Gasteiger partial charge in [-0.05, 0) is 19.8 Å². The van der Waals surface area contributed by atoms with Crippen LogP contribution in [0.3, 0.4) is 0 Å². The lowest BCUT2D eigenvalue weighted by Gasteiger charge is -2.41. The summed E-state index contributed by atoms with van der Waals surface area (Å²) >= 11 is 0. The Morgan fingerprint density at radius 1 is 1.12 bits per heavy atom. The maximum atomic E-state index is 9.84. The maximum absolute atomic E-state index is 9.84. The third kappa shape index (κ3) is 2.94. The summed E-state index contributed by atoms with van der Waals surface area (Å²) in [5.41, 5.74) is 0. The zero-order chi connectivity index (χ0) is 12.3. The quantitative estimate of drug-likeness (QED) is 0.767. The van der Waals surface area contributed by atoms with Crippen molar-refractivity contribution in [2.45, 2.75) is 71.2 Å². The molecular formula is C12H24O4. The van der Waals surface area contributed by atoms with Crippen molar-refractivity contribution < 1.29 is 19.7 Å². The highest BCUT2D eigenvalue weighted by molar-refractivity contribution is 4.85. The number of rotatable bonds is 4. The van der Waals surface area contributed by atoms with Crippen molar-refractivity contribution in [3.8, 4) is 0 Å². The molecule has 1 rings (SSSR count). The van der Waals surface area contributed by atoms with E-state index < -0.39 is 18.5 Å². The number of aliphatic hydroxyl groups excluding tert-OH is 2. The van der Waals surface area contributed by atoms with Crippen LogP contribution < -0.4 is 0 Å². The van der Waals surface area contributed by atoms with Crippen molar-refractivity contribution >= 4 is 0 Å². The van der Waals surface area contributed by atoms with Crippen LogP contribution in [0.25, 0.3) is 0 Å². The first-order valence-corrected chi connectivity index (χ1v) is 6.18. The Morgan fingerprint density at radius 2 is 1.69 bits per heavy atom. The van der Waals surface area contributed by atoms with Crippen LogP contribution in [0.1, 0.15) is 40.5 Å².